The molecule has 3 amide bonds. The van der Waals surface area contributed by atoms with E-state index in [0.717, 1.165) is 5.56 Å². The molecule has 0 aliphatic rings. The highest BCUT2D eigenvalue weighted by atomic mass is 35.5. The second kappa shape index (κ2) is 8.49. The summed E-state index contributed by atoms with van der Waals surface area (Å²) in [6.45, 7) is 2.53. The maximum Gasteiger partial charge on any atom is 0.315 e. The number of carbonyl (C=O) groups is 2. The van der Waals surface area contributed by atoms with E-state index >= 15 is 0 Å². The molecule has 1 aromatic carbocycles. The molecule has 1 aromatic rings. The van der Waals surface area contributed by atoms with Gasteiger partial charge in [-0.25, -0.2) is 4.79 Å². The summed E-state index contributed by atoms with van der Waals surface area (Å²) in [5.74, 6) is -0.186. The number of nitrogens with zero attached hydrogens (tertiary/aromatic N) is 1. The minimum Gasteiger partial charge on any atom is -0.340 e. The van der Waals surface area contributed by atoms with E-state index in [-0.39, 0.29) is 18.5 Å². The van der Waals surface area contributed by atoms with Crippen LogP contribution in [0.25, 0.3) is 0 Å². The number of nitrogens with one attached hydrogen (secondary N) is 2. The molecule has 0 fully saturated rings. The summed E-state index contributed by atoms with van der Waals surface area (Å²) in [6.07, 6.45) is 0. The molecule has 116 valence electrons. The molecule has 4 N–H and O–H groups in total. The number of hydrogen-bond donors (Lipinski definition) is 3. The normalized spacial score (nSPS) is 11.6. The van der Waals surface area contributed by atoms with Gasteiger partial charge in [-0.2, -0.15) is 0 Å². The molecule has 7 heteroatoms. The number of hydrogen-bond acceptors (Lipinski definition) is 3. The topological polar surface area (TPSA) is 87.5 Å². The second-order valence-electron chi connectivity index (χ2n) is 4.75. The second-order valence-corrected chi connectivity index (χ2v) is 5.19. The minimum absolute atomic E-state index is 0.0589. The SMILES string of the molecule is CC(CN)N(C)C(=O)CNC(=O)NCc1ccc(Cl)cc1. The lowest BCUT2D eigenvalue weighted by molar-refractivity contribution is -0.130. The van der Waals surface area contributed by atoms with Crippen molar-refractivity contribution in [3.63, 3.8) is 0 Å². The highest BCUT2D eigenvalue weighted by Gasteiger charge is 2.14. The number of benzene rings is 1. The molecule has 0 aliphatic heterocycles. The van der Waals surface area contributed by atoms with Crippen LogP contribution in [-0.2, 0) is 11.3 Å². The standard InChI is InChI=1S/C14H21ClN4O2/c1-10(7-16)19(2)13(20)9-18-14(21)17-8-11-3-5-12(15)6-4-11/h3-6,10H,7-9,16H2,1-2H3,(H2,17,18,21). The molecule has 1 rings (SSSR count). The number of amides is 3. The van der Waals surface area contributed by atoms with E-state index in [1.165, 1.54) is 4.90 Å². The molecule has 21 heavy (non-hydrogen) atoms. The Balaban J connectivity index is 2.31. The van der Waals surface area contributed by atoms with Gasteiger partial charge in [0.2, 0.25) is 5.91 Å². The van der Waals surface area contributed by atoms with E-state index in [1.54, 1.807) is 19.2 Å². The molecular weight excluding hydrogens is 292 g/mol. The van der Waals surface area contributed by atoms with Crippen molar-refractivity contribution in [2.75, 3.05) is 20.1 Å². The van der Waals surface area contributed by atoms with E-state index in [0.29, 0.717) is 18.1 Å². The summed E-state index contributed by atoms with van der Waals surface area (Å²) in [5, 5.41) is 5.83. The van der Waals surface area contributed by atoms with Gasteiger partial charge in [-0.1, -0.05) is 23.7 Å². The molecule has 6 nitrogen and oxygen atoms in total. The number of rotatable bonds is 6. The first-order valence-electron chi connectivity index (χ1n) is 6.66. The molecule has 0 aliphatic carbocycles. The molecule has 1 atom stereocenters. The Morgan fingerprint density at radius 2 is 1.90 bits per heavy atom. The van der Waals surface area contributed by atoms with E-state index in [1.807, 2.05) is 19.1 Å². The molecule has 0 bridgehead atoms. The maximum absolute atomic E-state index is 11.8. The third-order valence-corrected chi connectivity index (χ3v) is 3.41. The van der Waals surface area contributed by atoms with Crippen LogP contribution in [0.4, 0.5) is 4.79 Å². The molecule has 0 spiro atoms. The lowest BCUT2D eigenvalue weighted by atomic mass is 10.2. The molecule has 1 unspecified atom stereocenters. The Bertz CT molecular complexity index is 478. The van der Waals surface area contributed by atoms with Crippen molar-refractivity contribution >= 4 is 23.5 Å². The van der Waals surface area contributed by atoms with Gasteiger partial charge >= 0.3 is 6.03 Å². The number of nitrogens with two attached hydrogens (primary N) is 1. The van der Waals surface area contributed by atoms with Crippen molar-refractivity contribution in [2.24, 2.45) is 5.73 Å². The zero-order valence-electron chi connectivity index (χ0n) is 12.2. The van der Waals surface area contributed by atoms with E-state index in [2.05, 4.69) is 10.6 Å². The predicted octanol–water partition coefficient (Wildman–Crippen LogP) is 0.945. The summed E-state index contributed by atoms with van der Waals surface area (Å²) >= 11 is 5.78. The lowest BCUT2D eigenvalue weighted by Crippen LogP contribution is -2.46. The molecule has 0 heterocycles. The van der Waals surface area contributed by atoms with Crippen molar-refractivity contribution in [1.82, 2.24) is 15.5 Å². The predicted molar refractivity (Wildman–Crippen MR) is 83.0 cm³/mol. The van der Waals surface area contributed by atoms with E-state index in [4.69, 9.17) is 17.3 Å². The summed E-state index contributed by atoms with van der Waals surface area (Å²) < 4.78 is 0. The maximum atomic E-state index is 11.8. The van der Waals surface area contributed by atoms with Crippen molar-refractivity contribution in [2.45, 2.75) is 19.5 Å². The summed E-state index contributed by atoms with van der Waals surface area (Å²) in [6, 6.07) is 6.70. The first-order valence-corrected chi connectivity index (χ1v) is 7.03. The Labute approximate surface area is 129 Å². The van der Waals surface area contributed by atoms with Gasteiger partial charge in [0.1, 0.15) is 0 Å². The third-order valence-electron chi connectivity index (χ3n) is 3.16. The Morgan fingerprint density at radius 3 is 2.48 bits per heavy atom. The van der Waals surface area contributed by atoms with Gasteiger partial charge in [-0.15, -0.1) is 0 Å². The Kier molecular flexibility index (Phi) is 6.98. The fourth-order valence-electron chi connectivity index (χ4n) is 1.53. The van der Waals surface area contributed by atoms with Gasteiger partial charge in [-0.05, 0) is 24.6 Å². The number of urea groups is 1. The summed E-state index contributed by atoms with van der Waals surface area (Å²) in [5.41, 5.74) is 6.41. The molecular formula is C14H21ClN4O2. The van der Waals surface area contributed by atoms with Crippen LogP contribution in [-0.4, -0.2) is 43.0 Å². The van der Waals surface area contributed by atoms with Crippen LogP contribution in [0.2, 0.25) is 5.02 Å². The average molecular weight is 313 g/mol. The Hall–Kier alpha value is -1.79. The van der Waals surface area contributed by atoms with Gasteiger partial charge < -0.3 is 21.3 Å². The number of likely N-dealkylation sites (N-methyl/N-ethyl adjacent to an activating group) is 1. The first-order chi connectivity index (χ1) is 9.93. The van der Waals surface area contributed by atoms with Crippen molar-refractivity contribution < 1.29 is 9.59 Å². The quantitative estimate of drug-likeness (QED) is 0.730. The fraction of sp³-hybridized carbons (Fsp3) is 0.429. The highest BCUT2D eigenvalue weighted by Crippen LogP contribution is 2.08. The van der Waals surface area contributed by atoms with Crippen molar-refractivity contribution in [3.05, 3.63) is 34.9 Å². The zero-order chi connectivity index (χ0) is 15.8. The fourth-order valence-corrected chi connectivity index (χ4v) is 1.66. The highest BCUT2D eigenvalue weighted by molar-refractivity contribution is 6.30. The average Bonchev–Trinajstić information content (AvgIpc) is 2.50. The van der Waals surface area contributed by atoms with Crippen LogP contribution in [0.5, 0.6) is 0 Å². The van der Waals surface area contributed by atoms with Crippen LogP contribution in [0, 0.1) is 0 Å². The van der Waals surface area contributed by atoms with E-state index in [9.17, 15) is 9.59 Å². The van der Waals surface area contributed by atoms with Crippen molar-refractivity contribution in [1.29, 1.82) is 0 Å². The van der Waals surface area contributed by atoms with E-state index < -0.39 is 6.03 Å². The lowest BCUT2D eigenvalue weighted by Gasteiger charge is -2.23. The van der Waals surface area contributed by atoms with Gasteiger partial charge in [0, 0.05) is 31.2 Å². The summed E-state index contributed by atoms with van der Waals surface area (Å²) in [7, 11) is 1.66. The van der Waals surface area contributed by atoms with Gasteiger partial charge in [0.25, 0.3) is 0 Å². The number of halogens is 1. The third kappa shape index (κ3) is 6.01. The van der Waals surface area contributed by atoms with Crippen LogP contribution in [0.3, 0.4) is 0 Å². The smallest absolute Gasteiger partial charge is 0.315 e. The monoisotopic (exact) mass is 312 g/mol. The molecule has 0 saturated heterocycles. The van der Waals surface area contributed by atoms with Crippen LogP contribution < -0.4 is 16.4 Å². The zero-order valence-corrected chi connectivity index (χ0v) is 13.0. The Morgan fingerprint density at radius 1 is 1.29 bits per heavy atom. The van der Waals surface area contributed by atoms with Gasteiger partial charge in [0.05, 0.1) is 6.54 Å². The van der Waals surface area contributed by atoms with Crippen LogP contribution in [0.15, 0.2) is 24.3 Å². The van der Waals surface area contributed by atoms with Gasteiger partial charge in [-0.3, -0.25) is 4.79 Å². The number of carbonyl (C=O) groups excluding carboxylic acids is 2. The molecule has 0 radical (unpaired) electrons. The van der Waals surface area contributed by atoms with Gasteiger partial charge in [0.15, 0.2) is 0 Å². The first kappa shape index (κ1) is 17.3. The van der Waals surface area contributed by atoms with Crippen LogP contribution in [0.1, 0.15) is 12.5 Å². The molecule has 0 aromatic heterocycles. The summed E-state index contributed by atoms with van der Waals surface area (Å²) in [4.78, 5) is 24.9. The largest absolute Gasteiger partial charge is 0.340 e. The van der Waals surface area contributed by atoms with Crippen LogP contribution >= 0.6 is 11.6 Å². The molecule has 0 saturated carbocycles. The minimum atomic E-state index is -0.396. The van der Waals surface area contributed by atoms with Crippen molar-refractivity contribution in [3.8, 4) is 0 Å².